The molecule has 1 atom stereocenters. The summed E-state index contributed by atoms with van der Waals surface area (Å²) in [6, 6.07) is 10.1. The third-order valence-corrected chi connectivity index (χ3v) is 3.95. The average molecular weight is 261 g/mol. The number of nitrogens with zero attached hydrogens (tertiary/aromatic N) is 2. The van der Waals surface area contributed by atoms with Crippen molar-refractivity contribution in [2.75, 3.05) is 25.0 Å². The van der Waals surface area contributed by atoms with Crippen LogP contribution in [0.15, 0.2) is 30.3 Å². The molecule has 0 aliphatic carbocycles. The van der Waals surface area contributed by atoms with Gasteiger partial charge in [-0.25, -0.2) is 0 Å². The number of amides is 1. The fourth-order valence-corrected chi connectivity index (χ4v) is 2.44. The summed E-state index contributed by atoms with van der Waals surface area (Å²) in [5.41, 5.74) is 6.94. The van der Waals surface area contributed by atoms with Crippen molar-refractivity contribution in [3.8, 4) is 0 Å². The van der Waals surface area contributed by atoms with Crippen molar-refractivity contribution < 1.29 is 4.79 Å². The number of nitrogens with two attached hydrogens (primary N) is 1. The molecule has 0 spiro atoms. The van der Waals surface area contributed by atoms with Gasteiger partial charge >= 0.3 is 0 Å². The molecule has 0 radical (unpaired) electrons. The molecule has 1 saturated heterocycles. The van der Waals surface area contributed by atoms with Crippen LogP contribution in [0.4, 0.5) is 5.69 Å². The molecule has 1 heterocycles. The van der Waals surface area contributed by atoms with Gasteiger partial charge in [0.05, 0.1) is 0 Å². The van der Waals surface area contributed by atoms with E-state index in [1.165, 1.54) is 0 Å². The number of likely N-dealkylation sites (N-methyl/N-ethyl adjacent to an activating group) is 1. The highest BCUT2D eigenvalue weighted by Crippen LogP contribution is 2.17. The smallest absolute Gasteiger partial charge is 0.244 e. The number of likely N-dealkylation sites (tertiary alicyclic amines) is 1. The van der Waals surface area contributed by atoms with E-state index < -0.39 is 0 Å². The molecule has 1 aromatic rings. The topological polar surface area (TPSA) is 49.6 Å². The molecule has 19 heavy (non-hydrogen) atoms. The molecule has 1 aliphatic rings. The Kier molecular flexibility index (Phi) is 4.43. The van der Waals surface area contributed by atoms with E-state index in [-0.39, 0.29) is 18.0 Å². The van der Waals surface area contributed by atoms with Crippen molar-refractivity contribution in [2.45, 2.75) is 31.8 Å². The molecule has 4 nitrogen and oxygen atoms in total. The highest BCUT2D eigenvalue weighted by atomic mass is 16.2. The van der Waals surface area contributed by atoms with Crippen molar-refractivity contribution >= 4 is 11.6 Å². The lowest BCUT2D eigenvalue weighted by molar-refractivity contribution is -0.133. The van der Waals surface area contributed by atoms with Crippen molar-refractivity contribution in [1.82, 2.24) is 4.90 Å². The Hall–Kier alpha value is -1.55. The number of hydrogen-bond acceptors (Lipinski definition) is 3. The van der Waals surface area contributed by atoms with Crippen LogP contribution in [0.1, 0.15) is 19.8 Å². The van der Waals surface area contributed by atoms with Gasteiger partial charge < -0.3 is 15.5 Å². The monoisotopic (exact) mass is 261 g/mol. The molecule has 0 bridgehead atoms. The van der Waals surface area contributed by atoms with Gasteiger partial charge in [-0.1, -0.05) is 18.2 Å². The molecule has 0 saturated carbocycles. The highest BCUT2D eigenvalue weighted by Gasteiger charge is 2.26. The number of benzene rings is 1. The second-order valence-electron chi connectivity index (χ2n) is 5.29. The van der Waals surface area contributed by atoms with E-state index >= 15 is 0 Å². The van der Waals surface area contributed by atoms with Crippen LogP contribution in [-0.2, 0) is 4.79 Å². The van der Waals surface area contributed by atoms with E-state index in [0.29, 0.717) is 0 Å². The molecule has 4 heteroatoms. The molecular formula is C15H23N3O. The fourth-order valence-electron chi connectivity index (χ4n) is 2.44. The Morgan fingerprint density at radius 1 is 1.32 bits per heavy atom. The van der Waals surface area contributed by atoms with Crippen molar-refractivity contribution in [3.63, 3.8) is 0 Å². The minimum atomic E-state index is -0.142. The first-order valence-corrected chi connectivity index (χ1v) is 6.92. The fraction of sp³-hybridized carbons (Fsp3) is 0.533. The zero-order valence-corrected chi connectivity index (χ0v) is 11.7. The lowest BCUT2D eigenvalue weighted by Crippen LogP contribution is -2.50. The lowest BCUT2D eigenvalue weighted by Gasteiger charge is -2.35. The zero-order chi connectivity index (χ0) is 13.8. The van der Waals surface area contributed by atoms with E-state index in [2.05, 4.69) is 0 Å². The maximum Gasteiger partial charge on any atom is 0.244 e. The second-order valence-corrected chi connectivity index (χ2v) is 5.29. The largest absolute Gasteiger partial charge is 0.363 e. The number of para-hydroxylation sites is 1. The average Bonchev–Trinajstić information content (AvgIpc) is 2.46. The second kappa shape index (κ2) is 6.06. The molecule has 2 N–H and O–H groups in total. The Bertz CT molecular complexity index is 413. The number of piperidine rings is 1. The van der Waals surface area contributed by atoms with Crippen LogP contribution in [0.5, 0.6) is 0 Å². The SMILES string of the molecule is CC(C(=O)N1CCC(N)CC1)N(C)c1ccccc1. The summed E-state index contributed by atoms with van der Waals surface area (Å²) in [4.78, 5) is 16.4. The minimum Gasteiger partial charge on any atom is -0.363 e. The first kappa shape index (κ1) is 13.9. The Balaban J connectivity index is 1.99. The maximum absolute atomic E-state index is 12.5. The van der Waals surface area contributed by atoms with E-state index in [0.717, 1.165) is 31.6 Å². The molecule has 2 rings (SSSR count). The molecule has 104 valence electrons. The van der Waals surface area contributed by atoms with Crippen LogP contribution in [0.25, 0.3) is 0 Å². The van der Waals surface area contributed by atoms with Crippen LogP contribution in [0, 0.1) is 0 Å². The number of carbonyl (C=O) groups is 1. The Morgan fingerprint density at radius 3 is 2.47 bits per heavy atom. The van der Waals surface area contributed by atoms with E-state index in [1.54, 1.807) is 0 Å². The van der Waals surface area contributed by atoms with Crippen molar-refractivity contribution in [2.24, 2.45) is 5.73 Å². The molecule has 1 aliphatic heterocycles. The molecule has 1 unspecified atom stereocenters. The van der Waals surface area contributed by atoms with Gasteiger partial charge in [-0.2, -0.15) is 0 Å². The lowest BCUT2D eigenvalue weighted by atomic mass is 10.1. The predicted octanol–water partition coefficient (Wildman–Crippen LogP) is 1.46. The standard InChI is InChI=1S/C15H23N3O/c1-12(17(2)14-6-4-3-5-7-14)15(19)18-10-8-13(16)9-11-18/h3-7,12-13H,8-11,16H2,1-2H3. The van der Waals surface area contributed by atoms with Crippen LogP contribution in [0.3, 0.4) is 0 Å². The highest BCUT2D eigenvalue weighted by molar-refractivity contribution is 5.84. The Morgan fingerprint density at radius 2 is 1.89 bits per heavy atom. The van der Waals surface area contributed by atoms with Gasteiger partial charge in [0.2, 0.25) is 5.91 Å². The minimum absolute atomic E-state index is 0.142. The normalized spacial score (nSPS) is 18.2. The van der Waals surface area contributed by atoms with Gasteiger partial charge in [0.25, 0.3) is 0 Å². The third-order valence-electron chi connectivity index (χ3n) is 3.95. The van der Waals surface area contributed by atoms with Crippen LogP contribution in [-0.4, -0.2) is 43.0 Å². The van der Waals surface area contributed by atoms with Crippen LogP contribution in [0.2, 0.25) is 0 Å². The van der Waals surface area contributed by atoms with Gasteiger partial charge in [-0.3, -0.25) is 4.79 Å². The van der Waals surface area contributed by atoms with Gasteiger partial charge in [0, 0.05) is 31.9 Å². The van der Waals surface area contributed by atoms with Crippen molar-refractivity contribution in [1.29, 1.82) is 0 Å². The van der Waals surface area contributed by atoms with Gasteiger partial charge in [0.15, 0.2) is 0 Å². The Labute approximate surface area is 115 Å². The summed E-state index contributed by atoms with van der Waals surface area (Å²) in [6.07, 6.45) is 1.82. The first-order chi connectivity index (χ1) is 9.09. The van der Waals surface area contributed by atoms with E-state index in [1.807, 2.05) is 54.1 Å². The molecule has 1 fully saturated rings. The third kappa shape index (κ3) is 3.26. The summed E-state index contributed by atoms with van der Waals surface area (Å²) in [5.74, 6) is 0.193. The summed E-state index contributed by atoms with van der Waals surface area (Å²) >= 11 is 0. The summed E-state index contributed by atoms with van der Waals surface area (Å²) in [5, 5.41) is 0. The number of carbonyl (C=O) groups excluding carboxylic acids is 1. The molecular weight excluding hydrogens is 238 g/mol. The number of anilines is 1. The van der Waals surface area contributed by atoms with Gasteiger partial charge in [0.1, 0.15) is 6.04 Å². The van der Waals surface area contributed by atoms with Crippen molar-refractivity contribution in [3.05, 3.63) is 30.3 Å². The summed E-state index contributed by atoms with van der Waals surface area (Å²) in [6.45, 7) is 3.53. The molecule has 1 aromatic carbocycles. The number of rotatable bonds is 3. The van der Waals surface area contributed by atoms with Gasteiger partial charge in [-0.15, -0.1) is 0 Å². The first-order valence-electron chi connectivity index (χ1n) is 6.92. The van der Waals surface area contributed by atoms with Gasteiger partial charge in [-0.05, 0) is 31.9 Å². The quantitative estimate of drug-likeness (QED) is 0.896. The summed E-state index contributed by atoms with van der Waals surface area (Å²) < 4.78 is 0. The maximum atomic E-state index is 12.5. The molecule has 0 aromatic heterocycles. The summed E-state index contributed by atoms with van der Waals surface area (Å²) in [7, 11) is 1.97. The van der Waals surface area contributed by atoms with E-state index in [9.17, 15) is 4.79 Å². The zero-order valence-electron chi connectivity index (χ0n) is 11.7. The molecule has 1 amide bonds. The predicted molar refractivity (Wildman–Crippen MR) is 78.1 cm³/mol. The number of hydrogen-bond donors (Lipinski definition) is 1. The van der Waals surface area contributed by atoms with Crippen LogP contribution >= 0.6 is 0 Å². The van der Waals surface area contributed by atoms with Crippen LogP contribution < -0.4 is 10.6 Å². The van der Waals surface area contributed by atoms with E-state index in [4.69, 9.17) is 5.73 Å².